The quantitative estimate of drug-likeness (QED) is 0.419. The van der Waals surface area contributed by atoms with E-state index in [1.807, 2.05) is 0 Å². The van der Waals surface area contributed by atoms with Gasteiger partial charge in [-0.15, -0.1) is 0 Å². The molecule has 0 atom stereocenters. The van der Waals surface area contributed by atoms with E-state index >= 15 is 0 Å². The summed E-state index contributed by atoms with van der Waals surface area (Å²) in [6.45, 7) is 0. The average molecular weight is 321 g/mol. The van der Waals surface area contributed by atoms with Crippen molar-refractivity contribution in [2.75, 3.05) is 5.73 Å². The number of aromatic nitrogens is 3. The van der Waals surface area contributed by atoms with Crippen LogP contribution in [0.15, 0.2) is 17.0 Å². The number of nitrogens with two attached hydrogens (primary N) is 1. The van der Waals surface area contributed by atoms with Gasteiger partial charge in [-0.1, -0.05) is 0 Å². The van der Waals surface area contributed by atoms with Crippen LogP contribution in [0.2, 0.25) is 0 Å². The summed E-state index contributed by atoms with van der Waals surface area (Å²) in [4.78, 5) is -0.426. The van der Waals surface area contributed by atoms with Gasteiger partial charge >= 0.3 is 97.3 Å². The van der Waals surface area contributed by atoms with Gasteiger partial charge in [-0.2, -0.15) is 0 Å². The Hall–Kier alpha value is -0.930. The first-order valence-corrected chi connectivity index (χ1v) is 5.75. The number of anilines is 1. The van der Waals surface area contributed by atoms with Gasteiger partial charge in [0.05, 0.1) is 0 Å². The topological polar surface area (TPSA) is 111 Å². The van der Waals surface area contributed by atoms with Crippen LogP contribution in [0.25, 0.3) is 11.0 Å². The molecule has 0 saturated heterocycles. The molecule has 9 heteroatoms. The van der Waals surface area contributed by atoms with Gasteiger partial charge in [0.1, 0.15) is 0 Å². The first-order valence-electron chi connectivity index (χ1n) is 3.65. The third-order valence-corrected chi connectivity index (χ3v) is 3.23. The number of hydrogen-bond donors (Lipinski definition) is 2. The summed E-state index contributed by atoms with van der Waals surface area (Å²) in [6, 6.07) is 2.89. The van der Waals surface area contributed by atoms with Gasteiger partial charge in [-0.25, -0.2) is 0 Å². The molecule has 2 aromatic rings. The van der Waals surface area contributed by atoms with Crippen LogP contribution in [0, 0.1) is 0 Å². The third kappa shape index (κ3) is 1.66. The minimum atomic E-state index is -4.41. The molecule has 15 heavy (non-hydrogen) atoms. The van der Waals surface area contributed by atoms with Crippen LogP contribution in [-0.2, 0) is 31.4 Å². The van der Waals surface area contributed by atoms with Crippen molar-refractivity contribution in [2.45, 2.75) is 4.90 Å². The van der Waals surface area contributed by atoms with Crippen molar-refractivity contribution in [3.8, 4) is 0 Å². The molecule has 7 nitrogen and oxygen atoms in total. The molecule has 0 amide bonds. The SMILES string of the molecule is Nc1ccc2c(nn[n]2[Ag])c1S(=O)(=O)O. The molecule has 0 bridgehead atoms. The molecule has 84 valence electrons. The number of fused-ring (bicyclic) bond motifs is 1. The fourth-order valence-electron chi connectivity index (χ4n) is 1.21. The fraction of sp³-hybridized carbons (Fsp3) is 0. The molecular formula is C6H5AgN4O3S. The second-order valence-corrected chi connectivity index (χ2v) is 4.73. The summed E-state index contributed by atoms with van der Waals surface area (Å²) < 4.78 is 32.3. The van der Waals surface area contributed by atoms with E-state index in [4.69, 9.17) is 10.3 Å². The summed E-state index contributed by atoms with van der Waals surface area (Å²) in [5, 5.41) is 7.15. The average Bonchev–Trinajstić information content (AvgIpc) is 2.45. The van der Waals surface area contributed by atoms with Crippen LogP contribution in [0.4, 0.5) is 5.69 Å². The van der Waals surface area contributed by atoms with Gasteiger partial charge < -0.3 is 0 Å². The number of hydrogen-bond acceptors (Lipinski definition) is 5. The van der Waals surface area contributed by atoms with E-state index in [0.29, 0.717) is 5.52 Å². The van der Waals surface area contributed by atoms with Crippen molar-refractivity contribution in [1.82, 2.24) is 13.4 Å². The third-order valence-electron chi connectivity index (χ3n) is 1.80. The fourth-order valence-corrected chi connectivity index (χ4v) is 2.30. The molecule has 3 N–H and O–H groups in total. The second kappa shape index (κ2) is 3.29. The molecular weight excluding hydrogens is 316 g/mol. The molecule has 1 aromatic heterocycles. The van der Waals surface area contributed by atoms with Crippen molar-refractivity contribution < 1.29 is 34.3 Å². The van der Waals surface area contributed by atoms with Crippen molar-refractivity contribution in [3.05, 3.63) is 12.1 Å². The Balaban J connectivity index is 3.00. The Morgan fingerprint density at radius 2 is 2.13 bits per heavy atom. The summed E-state index contributed by atoms with van der Waals surface area (Å²) >= 11 is 3.04. The van der Waals surface area contributed by atoms with E-state index in [-0.39, 0.29) is 11.2 Å². The maximum atomic E-state index is 11.1. The van der Waals surface area contributed by atoms with Crippen LogP contribution < -0.4 is 5.73 Å². The zero-order valence-electron chi connectivity index (χ0n) is 7.05. The zero-order valence-corrected chi connectivity index (χ0v) is 9.35. The van der Waals surface area contributed by atoms with Crippen LogP contribution >= 0.6 is 0 Å². The molecule has 0 spiro atoms. The molecule has 0 aliphatic carbocycles. The van der Waals surface area contributed by atoms with Crippen molar-refractivity contribution in [2.24, 2.45) is 0 Å². The van der Waals surface area contributed by atoms with E-state index in [1.54, 1.807) is 0 Å². The van der Waals surface area contributed by atoms with Gasteiger partial charge in [0.25, 0.3) is 0 Å². The Morgan fingerprint density at radius 1 is 1.47 bits per heavy atom. The van der Waals surface area contributed by atoms with Crippen LogP contribution in [0.3, 0.4) is 0 Å². The number of nitrogens with zero attached hydrogens (tertiary/aromatic N) is 3. The van der Waals surface area contributed by atoms with Gasteiger partial charge in [0, 0.05) is 0 Å². The normalized spacial score (nSPS) is 12.2. The Morgan fingerprint density at radius 3 is 2.73 bits per heavy atom. The van der Waals surface area contributed by atoms with Crippen LogP contribution in [0.1, 0.15) is 0 Å². The van der Waals surface area contributed by atoms with E-state index in [9.17, 15) is 8.42 Å². The molecule has 0 aliphatic rings. The van der Waals surface area contributed by atoms with Gasteiger partial charge in [-0.3, -0.25) is 0 Å². The summed E-state index contributed by atoms with van der Waals surface area (Å²) in [7, 11) is -4.41. The summed E-state index contributed by atoms with van der Waals surface area (Å²) in [5.41, 5.74) is 5.80. The van der Waals surface area contributed by atoms with E-state index < -0.39 is 15.0 Å². The predicted octanol–water partition coefficient (Wildman–Crippen LogP) is -0.430. The number of rotatable bonds is 1. The Labute approximate surface area is 97.2 Å². The minimum absolute atomic E-state index is 0.0219. The van der Waals surface area contributed by atoms with Gasteiger partial charge in [-0.05, 0) is 0 Å². The zero-order chi connectivity index (χ0) is 11.2. The molecule has 0 saturated carbocycles. The number of benzene rings is 1. The van der Waals surface area contributed by atoms with E-state index in [1.165, 1.54) is 15.2 Å². The van der Waals surface area contributed by atoms with Gasteiger partial charge in [0.2, 0.25) is 0 Å². The molecule has 0 aliphatic heterocycles. The first-order chi connectivity index (χ1) is 6.91. The van der Waals surface area contributed by atoms with E-state index in [0.717, 1.165) is 0 Å². The maximum absolute atomic E-state index is 11.1. The standard InChI is InChI=1S/C6H5N4O3S.Ag/c7-3-1-2-4-5(9-10-8-4)6(3)14(11,12)13;/h1-2H,7H2,(H-,8,9,10,11,12,13);/q-1;+1. The predicted molar refractivity (Wildman–Crippen MR) is 47.2 cm³/mol. The molecule has 0 unspecified atom stereocenters. The first kappa shape index (κ1) is 10.6. The molecule has 0 radical (unpaired) electrons. The van der Waals surface area contributed by atoms with Crippen LogP contribution in [0.5, 0.6) is 0 Å². The monoisotopic (exact) mass is 320 g/mol. The molecule has 1 aromatic carbocycles. The summed E-state index contributed by atoms with van der Waals surface area (Å²) in [6.07, 6.45) is 0. The second-order valence-electron chi connectivity index (χ2n) is 2.74. The van der Waals surface area contributed by atoms with Crippen molar-refractivity contribution >= 4 is 26.8 Å². The van der Waals surface area contributed by atoms with Gasteiger partial charge in [0.15, 0.2) is 0 Å². The molecule has 0 fully saturated rings. The van der Waals surface area contributed by atoms with Crippen molar-refractivity contribution in [3.63, 3.8) is 0 Å². The van der Waals surface area contributed by atoms with Crippen LogP contribution in [-0.4, -0.2) is 26.4 Å². The van der Waals surface area contributed by atoms with Crippen molar-refractivity contribution in [1.29, 1.82) is 0 Å². The van der Waals surface area contributed by atoms with E-state index in [2.05, 4.69) is 31.6 Å². The summed E-state index contributed by atoms with van der Waals surface area (Å²) in [5.74, 6) is 0. The Kier molecular flexibility index (Phi) is 2.32. The molecule has 2 rings (SSSR count). The molecule has 1 heterocycles. The number of nitrogen functional groups attached to an aromatic ring is 1. The Bertz CT molecular complexity index is 635.